The first-order valence-electron chi connectivity index (χ1n) is 7.90. The molecule has 1 aliphatic carbocycles. The van der Waals surface area contributed by atoms with Crippen molar-refractivity contribution in [1.82, 2.24) is 4.98 Å². The molecule has 1 fully saturated rings. The number of nitrogens with zero attached hydrogens (tertiary/aromatic N) is 1. The third-order valence-corrected chi connectivity index (χ3v) is 3.93. The Hall–Kier alpha value is -1.78. The smallest absolute Gasteiger partial charge is 0.340 e. The molecule has 0 spiro atoms. The number of hydrogen-bond acceptors (Lipinski definition) is 5. The van der Waals surface area contributed by atoms with Crippen LogP contribution in [-0.2, 0) is 4.74 Å². The van der Waals surface area contributed by atoms with E-state index in [1.807, 2.05) is 0 Å². The Balaban J connectivity index is 2.08. The number of aromatic nitrogens is 1. The van der Waals surface area contributed by atoms with Crippen LogP contribution >= 0.6 is 0 Å². The highest BCUT2D eigenvalue weighted by Crippen LogP contribution is 2.25. The number of carbonyl (C=O) groups excluding carboxylic acids is 1. The fourth-order valence-electron chi connectivity index (χ4n) is 2.77. The van der Waals surface area contributed by atoms with Crippen LogP contribution in [0, 0.1) is 0 Å². The number of carbonyl (C=O) groups is 1. The molecule has 116 valence electrons. The molecular formula is C16H25N3O2. The lowest BCUT2D eigenvalue weighted by Gasteiger charge is -2.22. The Morgan fingerprint density at radius 3 is 2.67 bits per heavy atom. The Bertz CT molecular complexity index is 469. The van der Waals surface area contributed by atoms with Gasteiger partial charge in [-0.2, -0.15) is 0 Å². The summed E-state index contributed by atoms with van der Waals surface area (Å²) < 4.78 is 5.02. The number of hydrogen-bond donors (Lipinski definition) is 2. The predicted octanol–water partition coefficient (Wildman–Crippen LogP) is 3.37. The van der Waals surface area contributed by atoms with E-state index in [1.165, 1.54) is 32.1 Å². The summed E-state index contributed by atoms with van der Waals surface area (Å²) in [6.45, 7) is 2.12. The van der Waals surface area contributed by atoms with Gasteiger partial charge in [0.25, 0.3) is 0 Å². The van der Waals surface area contributed by atoms with Gasteiger partial charge >= 0.3 is 5.97 Å². The zero-order valence-corrected chi connectivity index (χ0v) is 12.7. The van der Waals surface area contributed by atoms with Gasteiger partial charge in [0.05, 0.1) is 17.9 Å². The summed E-state index contributed by atoms with van der Waals surface area (Å²) in [6.07, 6.45) is 10.3. The fourth-order valence-corrected chi connectivity index (χ4v) is 2.77. The minimum absolute atomic E-state index is 0.339. The second-order valence-corrected chi connectivity index (χ2v) is 5.53. The zero-order valence-electron chi connectivity index (χ0n) is 12.7. The van der Waals surface area contributed by atoms with E-state index in [0.717, 1.165) is 12.8 Å². The molecule has 5 heteroatoms. The van der Waals surface area contributed by atoms with E-state index in [1.54, 1.807) is 19.2 Å². The second kappa shape index (κ2) is 7.86. The minimum Gasteiger partial charge on any atom is -0.462 e. The highest BCUT2D eigenvalue weighted by atomic mass is 16.5. The summed E-state index contributed by atoms with van der Waals surface area (Å²) in [5, 5.41) is 3.41. The molecule has 1 saturated carbocycles. The summed E-state index contributed by atoms with van der Waals surface area (Å²) >= 11 is 0. The van der Waals surface area contributed by atoms with Gasteiger partial charge in [-0.05, 0) is 25.8 Å². The Morgan fingerprint density at radius 2 is 2.00 bits per heavy atom. The molecule has 0 saturated heterocycles. The molecule has 0 bridgehead atoms. The van der Waals surface area contributed by atoms with Crippen LogP contribution in [0.3, 0.4) is 0 Å². The summed E-state index contributed by atoms with van der Waals surface area (Å²) in [4.78, 5) is 16.1. The minimum atomic E-state index is -0.391. The van der Waals surface area contributed by atoms with Gasteiger partial charge in [-0.15, -0.1) is 0 Å². The molecule has 0 radical (unpaired) electrons. The van der Waals surface area contributed by atoms with Crippen LogP contribution in [0.15, 0.2) is 12.3 Å². The SMILES string of the molecule is CCOC(=O)c1ccnc(NC2CCCCCCC2)c1N. The van der Waals surface area contributed by atoms with Crippen molar-refractivity contribution in [3.05, 3.63) is 17.8 Å². The fraction of sp³-hybridized carbons (Fsp3) is 0.625. The van der Waals surface area contributed by atoms with E-state index in [4.69, 9.17) is 10.5 Å². The van der Waals surface area contributed by atoms with Gasteiger partial charge in [0.1, 0.15) is 5.82 Å². The Kier molecular flexibility index (Phi) is 5.84. The summed E-state index contributed by atoms with van der Waals surface area (Å²) in [6, 6.07) is 1.99. The molecule has 5 nitrogen and oxygen atoms in total. The van der Waals surface area contributed by atoms with E-state index in [9.17, 15) is 4.79 Å². The van der Waals surface area contributed by atoms with Gasteiger partial charge < -0.3 is 15.8 Å². The van der Waals surface area contributed by atoms with Crippen LogP contribution in [0.1, 0.15) is 62.2 Å². The van der Waals surface area contributed by atoms with Crippen LogP contribution in [-0.4, -0.2) is 23.6 Å². The molecule has 0 aromatic carbocycles. The van der Waals surface area contributed by atoms with Crippen LogP contribution < -0.4 is 11.1 Å². The second-order valence-electron chi connectivity index (χ2n) is 5.53. The molecule has 0 amide bonds. The highest BCUT2D eigenvalue weighted by Gasteiger charge is 2.17. The molecule has 21 heavy (non-hydrogen) atoms. The average molecular weight is 291 g/mol. The average Bonchev–Trinajstić information content (AvgIpc) is 2.43. The predicted molar refractivity (Wildman–Crippen MR) is 84.3 cm³/mol. The van der Waals surface area contributed by atoms with E-state index in [2.05, 4.69) is 10.3 Å². The molecule has 1 heterocycles. The maximum atomic E-state index is 11.9. The number of rotatable bonds is 4. The lowest BCUT2D eigenvalue weighted by atomic mass is 9.96. The Morgan fingerprint density at radius 1 is 1.33 bits per heavy atom. The van der Waals surface area contributed by atoms with Crippen LogP contribution in [0.5, 0.6) is 0 Å². The number of nitrogen functional groups attached to an aromatic ring is 1. The molecule has 3 N–H and O–H groups in total. The van der Waals surface area contributed by atoms with Crippen molar-refractivity contribution >= 4 is 17.5 Å². The Labute approximate surface area is 126 Å². The van der Waals surface area contributed by atoms with Crippen LogP contribution in [0.25, 0.3) is 0 Å². The largest absolute Gasteiger partial charge is 0.462 e. The standard InChI is InChI=1S/C16H25N3O2/c1-2-21-16(20)13-10-11-18-15(14(13)17)19-12-8-6-4-3-5-7-9-12/h10-12H,2-9,17H2,1H3,(H,18,19). The molecular weight excluding hydrogens is 266 g/mol. The highest BCUT2D eigenvalue weighted by molar-refractivity contribution is 5.97. The molecule has 0 atom stereocenters. The van der Waals surface area contributed by atoms with Gasteiger partial charge in [0.2, 0.25) is 0 Å². The molecule has 1 aromatic heterocycles. The zero-order chi connectivity index (χ0) is 15.1. The van der Waals surface area contributed by atoms with E-state index >= 15 is 0 Å². The molecule has 2 rings (SSSR count). The first-order chi connectivity index (χ1) is 10.2. The number of pyridine rings is 1. The number of anilines is 2. The van der Waals surface area contributed by atoms with Crippen LogP contribution in [0.4, 0.5) is 11.5 Å². The van der Waals surface area contributed by atoms with Gasteiger partial charge in [-0.1, -0.05) is 32.1 Å². The number of nitrogens with one attached hydrogen (secondary N) is 1. The van der Waals surface area contributed by atoms with Gasteiger partial charge in [-0.3, -0.25) is 0 Å². The molecule has 1 aliphatic rings. The van der Waals surface area contributed by atoms with Crippen LogP contribution in [0.2, 0.25) is 0 Å². The van der Waals surface area contributed by atoms with Gasteiger partial charge in [0.15, 0.2) is 0 Å². The first kappa shape index (κ1) is 15.6. The van der Waals surface area contributed by atoms with E-state index in [-0.39, 0.29) is 0 Å². The van der Waals surface area contributed by atoms with Crippen molar-refractivity contribution in [3.8, 4) is 0 Å². The summed E-state index contributed by atoms with van der Waals surface area (Å²) in [7, 11) is 0. The number of esters is 1. The van der Waals surface area contributed by atoms with Crippen molar-refractivity contribution < 1.29 is 9.53 Å². The third-order valence-electron chi connectivity index (χ3n) is 3.93. The summed E-state index contributed by atoms with van der Waals surface area (Å²) in [5.41, 5.74) is 6.85. The lowest BCUT2D eigenvalue weighted by Crippen LogP contribution is -2.22. The van der Waals surface area contributed by atoms with Crippen molar-refractivity contribution in [2.45, 2.75) is 57.9 Å². The quantitative estimate of drug-likeness (QED) is 0.832. The molecule has 1 aromatic rings. The first-order valence-corrected chi connectivity index (χ1v) is 7.90. The number of ether oxygens (including phenoxy) is 1. The normalized spacial score (nSPS) is 16.8. The lowest BCUT2D eigenvalue weighted by molar-refractivity contribution is 0.0527. The number of nitrogens with two attached hydrogens (primary N) is 1. The van der Waals surface area contributed by atoms with Gasteiger partial charge in [0, 0.05) is 12.2 Å². The maximum Gasteiger partial charge on any atom is 0.340 e. The monoisotopic (exact) mass is 291 g/mol. The maximum absolute atomic E-state index is 11.9. The van der Waals surface area contributed by atoms with E-state index < -0.39 is 5.97 Å². The van der Waals surface area contributed by atoms with E-state index in [0.29, 0.717) is 29.7 Å². The van der Waals surface area contributed by atoms with Crippen molar-refractivity contribution in [1.29, 1.82) is 0 Å². The third kappa shape index (κ3) is 4.34. The topological polar surface area (TPSA) is 77.2 Å². The van der Waals surface area contributed by atoms with Crippen molar-refractivity contribution in [2.75, 3.05) is 17.7 Å². The summed E-state index contributed by atoms with van der Waals surface area (Å²) in [5.74, 6) is 0.212. The molecule has 0 unspecified atom stereocenters. The molecule has 0 aliphatic heterocycles. The van der Waals surface area contributed by atoms with Crippen molar-refractivity contribution in [2.24, 2.45) is 0 Å². The van der Waals surface area contributed by atoms with Gasteiger partial charge in [-0.25, -0.2) is 9.78 Å². The van der Waals surface area contributed by atoms with Crippen molar-refractivity contribution in [3.63, 3.8) is 0 Å².